The highest BCUT2D eigenvalue weighted by Crippen LogP contribution is 2.28. The minimum atomic E-state index is 0.0366. The summed E-state index contributed by atoms with van der Waals surface area (Å²) in [6.45, 7) is 1.50. The number of fused-ring (bicyclic) bond motifs is 2. The molecule has 4 heteroatoms. The van der Waals surface area contributed by atoms with E-state index in [9.17, 15) is 4.79 Å². The highest BCUT2D eigenvalue weighted by Gasteiger charge is 2.26. The van der Waals surface area contributed by atoms with Gasteiger partial charge in [0.2, 0.25) is 5.91 Å². The van der Waals surface area contributed by atoms with Crippen molar-refractivity contribution in [1.82, 2.24) is 10.2 Å². The third-order valence-electron chi connectivity index (χ3n) is 5.25. The number of hydrogen-bond donors (Lipinski definition) is 1. The first-order valence-electron chi connectivity index (χ1n) is 8.65. The maximum Gasteiger partial charge on any atom is 0.247 e. The van der Waals surface area contributed by atoms with Gasteiger partial charge in [0.15, 0.2) is 0 Å². The Balaban J connectivity index is 1.41. The van der Waals surface area contributed by atoms with Crippen molar-refractivity contribution in [2.75, 3.05) is 13.6 Å². The third-order valence-corrected chi connectivity index (χ3v) is 5.61. The topological polar surface area (TPSA) is 32.3 Å². The molecular weight excluding hydrogens is 332 g/mol. The Hall–Kier alpha value is -2.10. The largest absolute Gasteiger partial charge is 0.351 e. The van der Waals surface area contributed by atoms with Crippen molar-refractivity contribution in [2.24, 2.45) is 0 Å². The van der Waals surface area contributed by atoms with E-state index in [1.54, 1.807) is 0 Å². The van der Waals surface area contributed by atoms with Gasteiger partial charge in [-0.3, -0.25) is 9.69 Å². The molecule has 4 rings (SSSR count). The number of halogens is 1. The van der Waals surface area contributed by atoms with Crippen molar-refractivity contribution in [2.45, 2.75) is 25.4 Å². The zero-order chi connectivity index (χ0) is 17.4. The summed E-state index contributed by atoms with van der Waals surface area (Å²) >= 11 is 6.36. The van der Waals surface area contributed by atoms with Crippen LogP contribution in [-0.2, 0) is 24.2 Å². The average molecular weight is 353 g/mol. The van der Waals surface area contributed by atoms with Crippen LogP contribution in [0.15, 0.2) is 48.0 Å². The van der Waals surface area contributed by atoms with Crippen LogP contribution in [0.5, 0.6) is 0 Å². The number of hydrogen-bond acceptors (Lipinski definition) is 2. The predicted molar refractivity (Wildman–Crippen MR) is 102 cm³/mol. The standard InChI is InChI=1S/C21H21ClN2O/c1-24-13-16-7-4-8-20(22)19(16)11-18(24)12-23-21(25)17-9-14-5-2-3-6-15(14)10-17/h2-9,18H,10-13H2,1H3,(H,23,25)/t18-/m0/s1. The molecule has 1 N–H and O–H groups in total. The van der Waals surface area contributed by atoms with Crippen LogP contribution in [-0.4, -0.2) is 30.4 Å². The normalized spacial score (nSPS) is 19.1. The number of benzene rings is 2. The molecule has 0 radical (unpaired) electrons. The van der Waals surface area contributed by atoms with Crippen LogP contribution in [0.4, 0.5) is 0 Å². The molecule has 2 aliphatic rings. The molecule has 1 aliphatic carbocycles. The predicted octanol–water partition coefficient (Wildman–Crippen LogP) is 3.45. The third kappa shape index (κ3) is 3.22. The second-order valence-electron chi connectivity index (χ2n) is 6.91. The second kappa shape index (κ2) is 6.66. The summed E-state index contributed by atoms with van der Waals surface area (Å²) in [5.74, 6) is 0.0366. The molecule has 0 saturated heterocycles. The van der Waals surface area contributed by atoms with Crippen LogP contribution in [0.3, 0.4) is 0 Å². The van der Waals surface area contributed by atoms with Gasteiger partial charge in [-0.25, -0.2) is 0 Å². The summed E-state index contributed by atoms with van der Waals surface area (Å²) in [6.07, 6.45) is 3.59. The van der Waals surface area contributed by atoms with Gasteiger partial charge in [-0.15, -0.1) is 0 Å². The van der Waals surface area contributed by atoms with Gasteiger partial charge in [0.05, 0.1) is 0 Å². The van der Waals surface area contributed by atoms with Crippen LogP contribution in [0, 0.1) is 0 Å². The summed E-state index contributed by atoms with van der Waals surface area (Å²) in [7, 11) is 2.10. The average Bonchev–Trinajstić information content (AvgIpc) is 3.04. The Kier molecular flexibility index (Phi) is 4.36. The van der Waals surface area contributed by atoms with Gasteiger partial charge in [0, 0.05) is 36.1 Å². The Labute approximate surface area is 153 Å². The fraction of sp³-hybridized carbons (Fsp3) is 0.286. The van der Waals surface area contributed by atoms with Gasteiger partial charge < -0.3 is 5.32 Å². The van der Waals surface area contributed by atoms with Crippen LogP contribution in [0.25, 0.3) is 6.08 Å². The molecule has 0 spiro atoms. The van der Waals surface area contributed by atoms with Gasteiger partial charge in [0.1, 0.15) is 0 Å². The van der Waals surface area contributed by atoms with E-state index >= 15 is 0 Å². The number of nitrogens with zero attached hydrogens (tertiary/aromatic N) is 1. The lowest BCUT2D eigenvalue weighted by Crippen LogP contribution is -2.45. The lowest BCUT2D eigenvalue weighted by Gasteiger charge is -2.34. The van der Waals surface area contributed by atoms with E-state index in [1.807, 2.05) is 30.3 Å². The molecule has 0 bridgehead atoms. The highest BCUT2D eigenvalue weighted by molar-refractivity contribution is 6.31. The molecule has 1 aliphatic heterocycles. The van der Waals surface area contributed by atoms with Crippen molar-refractivity contribution in [1.29, 1.82) is 0 Å². The number of carbonyl (C=O) groups is 1. The Bertz CT molecular complexity index is 859. The van der Waals surface area contributed by atoms with Gasteiger partial charge in [-0.05, 0) is 47.9 Å². The van der Waals surface area contributed by atoms with E-state index < -0.39 is 0 Å². The summed E-state index contributed by atoms with van der Waals surface area (Å²) in [5, 5.41) is 3.95. The van der Waals surface area contributed by atoms with Crippen molar-refractivity contribution >= 4 is 23.6 Å². The van der Waals surface area contributed by atoms with Crippen LogP contribution >= 0.6 is 11.6 Å². The first-order valence-corrected chi connectivity index (χ1v) is 9.03. The van der Waals surface area contributed by atoms with Gasteiger partial charge >= 0.3 is 0 Å². The molecule has 0 fully saturated rings. The van der Waals surface area contributed by atoms with Crippen LogP contribution in [0.1, 0.15) is 22.3 Å². The van der Waals surface area contributed by atoms with Crippen molar-refractivity contribution < 1.29 is 4.79 Å². The first kappa shape index (κ1) is 16.4. The van der Waals surface area contributed by atoms with E-state index in [4.69, 9.17) is 11.6 Å². The molecule has 128 valence electrons. The zero-order valence-corrected chi connectivity index (χ0v) is 15.0. The Morgan fingerprint density at radius 1 is 1.20 bits per heavy atom. The molecule has 2 aromatic carbocycles. The summed E-state index contributed by atoms with van der Waals surface area (Å²) in [6, 6.07) is 14.5. The van der Waals surface area contributed by atoms with Gasteiger partial charge in [-0.2, -0.15) is 0 Å². The molecule has 1 heterocycles. The lowest BCUT2D eigenvalue weighted by atomic mass is 9.94. The lowest BCUT2D eigenvalue weighted by molar-refractivity contribution is -0.117. The molecule has 2 aromatic rings. The van der Waals surface area contributed by atoms with Crippen molar-refractivity contribution in [3.8, 4) is 0 Å². The number of carbonyl (C=O) groups excluding carboxylic acids is 1. The number of likely N-dealkylation sites (N-methyl/N-ethyl adjacent to an activating group) is 1. The van der Waals surface area contributed by atoms with Gasteiger partial charge in [0.25, 0.3) is 0 Å². The first-order chi connectivity index (χ1) is 12.1. The zero-order valence-electron chi connectivity index (χ0n) is 14.3. The molecule has 1 atom stereocenters. The minimum Gasteiger partial charge on any atom is -0.351 e. The van der Waals surface area contributed by atoms with E-state index in [0.29, 0.717) is 6.54 Å². The molecule has 3 nitrogen and oxygen atoms in total. The molecule has 0 aromatic heterocycles. The van der Waals surface area contributed by atoms with Crippen LogP contribution in [0.2, 0.25) is 5.02 Å². The summed E-state index contributed by atoms with van der Waals surface area (Å²) in [4.78, 5) is 14.8. The molecule has 0 unspecified atom stereocenters. The quantitative estimate of drug-likeness (QED) is 0.917. The smallest absolute Gasteiger partial charge is 0.247 e. The monoisotopic (exact) mass is 352 g/mol. The van der Waals surface area contributed by atoms with E-state index in [0.717, 1.165) is 35.5 Å². The molecule has 1 amide bonds. The second-order valence-corrected chi connectivity index (χ2v) is 7.31. The summed E-state index contributed by atoms with van der Waals surface area (Å²) < 4.78 is 0. The maximum absolute atomic E-state index is 12.6. The Morgan fingerprint density at radius 2 is 2.00 bits per heavy atom. The van der Waals surface area contributed by atoms with E-state index in [-0.39, 0.29) is 11.9 Å². The molecule has 0 saturated carbocycles. The Morgan fingerprint density at radius 3 is 2.84 bits per heavy atom. The molecular formula is C21H21ClN2O. The highest BCUT2D eigenvalue weighted by atomic mass is 35.5. The number of nitrogens with one attached hydrogen (secondary N) is 1. The van der Waals surface area contributed by atoms with Crippen LogP contribution < -0.4 is 5.32 Å². The van der Waals surface area contributed by atoms with E-state index in [1.165, 1.54) is 16.7 Å². The minimum absolute atomic E-state index is 0.0366. The van der Waals surface area contributed by atoms with Crippen molar-refractivity contribution in [3.63, 3.8) is 0 Å². The van der Waals surface area contributed by atoms with Crippen molar-refractivity contribution in [3.05, 3.63) is 75.3 Å². The fourth-order valence-corrected chi connectivity index (χ4v) is 4.02. The van der Waals surface area contributed by atoms with E-state index in [2.05, 4.69) is 35.5 Å². The SMILES string of the molecule is CN1Cc2cccc(Cl)c2C[C@H]1CNC(=O)C1=Cc2ccccc2C1. The molecule has 25 heavy (non-hydrogen) atoms. The number of amides is 1. The fourth-order valence-electron chi connectivity index (χ4n) is 3.75. The van der Waals surface area contributed by atoms with Gasteiger partial charge in [-0.1, -0.05) is 48.0 Å². The maximum atomic E-state index is 12.6. The summed E-state index contributed by atoms with van der Waals surface area (Å²) in [5.41, 5.74) is 5.73. The number of rotatable bonds is 3.